The molecule has 46 heavy (non-hydrogen) atoms. The maximum atomic E-state index is 14.7. The topological polar surface area (TPSA) is 40.6 Å². The zero-order valence-electron chi connectivity index (χ0n) is 27.7. The molecule has 4 heterocycles. The molecule has 0 N–H and O–H groups in total. The highest BCUT2D eigenvalue weighted by Gasteiger charge is 2.43. The second kappa shape index (κ2) is 14.5. The lowest BCUT2D eigenvalue weighted by Crippen LogP contribution is -2.34. The fraction of sp³-hybridized carbons (Fsp3) is 0.400. The maximum absolute atomic E-state index is 14.7. The van der Waals surface area contributed by atoms with Gasteiger partial charge in [0.1, 0.15) is 0 Å². The van der Waals surface area contributed by atoms with Crippen molar-refractivity contribution in [3.8, 4) is 20.9 Å². The molecule has 2 unspecified atom stereocenters. The monoisotopic (exact) mass is 650 g/mol. The number of hydrogen-bond acceptors (Lipinski definition) is 4. The van der Waals surface area contributed by atoms with Gasteiger partial charge in [-0.3, -0.25) is 9.59 Å². The zero-order chi connectivity index (χ0) is 32.2. The minimum absolute atomic E-state index is 0.0372. The second-order valence-electron chi connectivity index (χ2n) is 12.8. The molecule has 0 saturated carbocycles. The molecular weight excluding hydrogens is 605 g/mol. The molecule has 2 aromatic heterocycles. The van der Waals surface area contributed by atoms with Crippen LogP contribution in [0.15, 0.2) is 71.4 Å². The summed E-state index contributed by atoms with van der Waals surface area (Å²) in [6.45, 7) is 10.2. The highest BCUT2D eigenvalue weighted by atomic mass is 32.1. The summed E-state index contributed by atoms with van der Waals surface area (Å²) in [7, 11) is 0. The van der Waals surface area contributed by atoms with E-state index in [9.17, 15) is 9.59 Å². The van der Waals surface area contributed by atoms with Gasteiger partial charge in [-0.15, -0.1) is 22.7 Å². The van der Waals surface area contributed by atoms with E-state index in [2.05, 4.69) is 99.1 Å². The smallest absolute Gasteiger partial charge is 0.259 e. The number of thiophene rings is 2. The third kappa shape index (κ3) is 6.26. The average molecular weight is 651 g/mol. The molecule has 0 aliphatic carbocycles. The van der Waals surface area contributed by atoms with Crippen molar-refractivity contribution in [2.24, 2.45) is 11.8 Å². The first kappa shape index (κ1) is 32.5. The van der Waals surface area contributed by atoms with Crippen molar-refractivity contribution < 1.29 is 9.59 Å². The lowest BCUT2D eigenvalue weighted by atomic mass is 9.95. The molecular formula is C40H46N2O2S2. The van der Waals surface area contributed by atoms with Gasteiger partial charge in [0.2, 0.25) is 0 Å². The number of rotatable bonds is 14. The highest BCUT2D eigenvalue weighted by Crippen LogP contribution is 2.49. The van der Waals surface area contributed by atoms with Crippen LogP contribution in [0.1, 0.15) is 90.2 Å². The Kier molecular flexibility index (Phi) is 10.2. The normalized spacial score (nSPS) is 17.1. The third-order valence-corrected chi connectivity index (χ3v) is 11.7. The van der Waals surface area contributed by atoms with Crippen LogP contribution >= 0.6 is 22.7 Å². The van der Waals surface area contributed by atoms with Crippen LogP contribution in [0.4, 0.5) is 11.4 Å². The Balaban J connectivity index is 1.50. The summed E-state index contributed by atoms with van der Waals surface area (Å²) in [5.41, 5.74) is 6.99. The van der Waals surface area contributed by atoms with Gasteiger partial charge in [0.25, 0.3) is 11.8 Å². The molecule has 6 rings (SSSR count). The summed E-state index contributed by atoms with van der Waals surface area (Å²) in [6.07, 6.45) is 8.83. The molecule has 2 aliphatic heterocycles. The molecule has 2 amide bonds. The molecule has 2 aromatic carbocycles. The van der Waals surface area contributed by atoms with Crippen LogP contribution in [0.5, 0.6) is 0 Å². The van der Waals surface area contributed by atoms with E-state index >= 15 is 0 Å². The van der Waals surface area contributed by atoms with Crippen molar-refractivity contribution in [1.82, 2.24) is 0 Å². The predicted octanol–water partition coefficient (Wildman–Crippen LogP) is 11.2. The third-order valence-electron chi connectivity index (χ3n) is 9.86. The van der Waals surface area contributed by atoms with Crippen LogP contribution in [0.2, 0.25) is 0 Å². The predicted molar refractivity (Wildman–Crippen MR) is 198 cm³/mol. The minimum Gasteiger partial charge on any atom is -0.307 e. The van der Waals surface area contributed by atoms with Gasteiger partial charge in [-0.25, -0.2) is 0 Å². The van der Waals surface area contributed by atoms with Gasteiger partial charge in [-0.1, -0.05) is 103 Å². The molecule has 0 fully saturated rings. The van der Waals surface area contributed by atoms with E-state index in [1.807, 2.05) is 9.80 Å². The number of fused-ring (bicyclic) bond motifs is 2. The van der Waals surface area contributed by atoms with Crippen molar-refractivity contribution in [1.29, 1.82) is 0 Å². The van der Waals surface area contributed by atoms with Crippen LogP contribution in [0.3, 0.4) is 0 Å². The van der Waals surface area contributed by atoms with E-state index in [0.717, 1.165) is 85.0 Å². The average Bonchev–Trinajstić information content (AvgIpc) is 3.89. The molecule has 240 valence electrons. The van der Waals surface area contributed by atoms with Gasteiger partial charge in [0.15, 0.2) is 0 Å². The van der Waals surface area contributed by atoms with E-state index in [4.69, 9.17) is 0 Å². The maximum Gasteiger partial charge on any atom is 0.259 e. The van der Waals surface area contributed by atoms with E-state index in [1.165, 1.54) is 9.75 Å². The summed E-state index contributed by atoms with van der Waals surface area (Å²) in [5.74, 6) is 0.744. The second-order valence-corrected chi connectivity index (χ2v) is 14.7. The SMILES string of the molecule is CCCCC(CC)CN1C(=O)C(=C2C(=O)N(CC(CC)CCCC)c3cc(-c4cccs4)ccc32)c2ccc(-c3cccs3)cc21. The van der Waals surface area contributed by atoms with Gasteiger partial charge in [0.05, 0.1) is 22.5 Å². The number of amides is 2. The molecule has 0 bridgehead atoms. The number of unbranched alkanes of at least 4 members (excludes halogenated alkanes) is 2. The minimum atomic E-state index is -0.0372. The van der Waals surface area contributed by atoms with E-state index < -0.39 is 0 Å². The van der Waals surface area contributed by atoms with Crippen molar-refractivity contribution in [2.75, 3.05) is 22.9 Å². The fourth-order valence-corrected chi connectivity index (χ4v) is 8.49. The van der Waals surface area contributed by atoms with Crippen LogP contribution < -0.4 is 9.80 Å². The van der Waals surface area contributed by atoms with Crippen molar-refractivity contribution in [3.05, 3.63) is 82.6 Å². The quantitative estimate of drug-likeness (QED) is 0.127. The molecule has 0 saturated heterocycles. The van der Waals surface area contributed by atoms with Gasteiger partial charge < -0.3 is 9.80 Å². The van der Waals surface area contributed by atoms with Crippen LogP contribution in [-0.4, -0.2) is 24.9 Å². The van der Waals surface area contributed by atoms with Gasteiger partial charge in [-0.05, 0) is 70.8 Å². The Morgan fingerprint density at radius 1 is 0.609 bits per heavy atom. The van der Waals surface area contributed by atoms with E-state index in [0.29, 0.717) is 36.1 Å². The summed E-state index contributed by atoms with van der Waals surface area (Å²) in [4.78, 5) is 35.8. The zero-order valence-corrected chi connectivity index (χ0v) is 29.3. The Hall–Kier alpha value is -3.48. The number of anilines is 2. The molecule has 4 nitrogen and oxygen atoms in total. The van der Waals surface area contributed by atoms with E-state index in [-0.39, 0.29) is 11.8 Å². The molecule has 4 aromatic rings. The van der Waals surface area contributed by atoms with Crippen LogP contribution in [0.25, 0.3) is 32.0 Å². The summed E-state index contributed by atoms with van der Waals surface area (Å²) in [6, 6.07) is 21.2. The number of hydrogen-bond donors (Lipinski definition) is 0. The number of carbonyl (C=O) groups excluding carboxylic acids is 2. The first-order valence-corrected chi connectivity index (χ1v) is 19.0. The summed E-state index contributed by atoms with van der Waals surface area (Å²) in [5, 5.41) is 4.18. The van der Waals surface area contributed by atoms with Crippen molar-refractivity contribution in [3.63, 3.8) is 0 Å². The van der Waals surface area contributed by atoms with Gasteiger partial charge >= 0.3 is 0 Å². The molecule has 0 spiro atoms. The largest absolute Gasteiger partial charge is 0.307 e. The molecule has 2 atom stereocenters. The first-order valence-electron chi connectivity index (χ1n) is 17.2. The highest BCUT2D eigenvalue weighted by molar-refractivity contribution is 7.13. The summed E-state index contributed by atoms with van der Waals surface area (Å²) >= 11 is 3.42. The number of carbonyl (C=O) groups is 2. The Labute approximate surface area is 282 Å². The number of benzene rings is 2. The summed E-state index contributed by atoms with van der Waals surface area (Å²) < 4.78 is 0. The van der Waals surface area contributed by atoms with Gasteiger partial charge in [0, 0.05) is 34.0 Å². The van der Waals surface area contributed by atoms with Crippen LogP contribution in [0, 0.1) is 11.8 Å². The standard InChI is InChI=1S/C40H46N2O2S2/c1-5-9-13-27(7-3)25-41-33-23-29(35-15-11-21-45-35)17-19-31(33)37(39(41)43)38-32-20-18-30(36-16-12-22-46-36)24-34(32)42(40(38)44)26-28(8-4)14-10-6-2/h11-12,15-24,27-28H,5-10,13-14,25-26H2,1-4H3. The Morgan fingerprint density at radius 2 is 1.04 bits per heavy atom. The van der Waals surface area contributed by atoms with E-state index in [1.54, 1.807) is 22.7 Å². The molecule has 0 radical (unpaired) electrons. The van der Waals surface area contributed by atoms with Crippen LogP contribution in [-0.2, 0) is 9.59 Å². The lowest BCUT2D eigenvalue weighted by molar-refractivity contribution is -0.114. The Morgan fingerprint density at radius 3 is 1.39 bits per heavy atom. The van der Waals surface area contributed by atoms with Crippen molar-refractivity contribution >= 4 is 57.0 Å². The first-order chi connectivity index (χ1) is 22.5. The van der Waals surface area contributed by atoms with Crippen molar-refractivity contribution in [2.45, 2.75) is 79.1 Å². The Bertz CT molecular complexity index is 1580. The van der Waals surface area contributed by atoms with Gasteiger partial charge in [-0.2, -0.15) is 0 Å². The fourth-order valence-electron chi connectivity index (χ4n) is 7.04. The number of nitrogens with zero attached hydrogens (tertiary/aromatic N) is 2. The molecule has 2 aliphatic rings. The molecule has 6 heteroatoms. The lowest BCUT2D eigenvalue weighted by Gasteiger charge is -2.24.